The van der Waals surface area contributed by atoms with Crippen LogP contribution in [0.4, 0.5) is 0 Å². The van der Waals surface area contributed by atoms with Gasteiger partial charge in [0.15, 0.2) is 0 Å². The van der Waals surface area contributed by atoms with Crippen molar-refractivity contribution in [2.75, 3.05) is 7.11 Å². The van der Waals surface area contributed by atoms with Crippen LogP contribution >= 0.6 is 11.3 Å². The minimum Gasteiger partial charge on any atom is -0.467 e. The van der Waals surface area contributed by atoms with Crippen molar-refractivity contribution >= 4 is 23.2 Å². The molecule has 1 heterocycles. The van der Waals surface area contributed by atoms with Gasteiger partial charge in [0.25, 0.3) is 0 Å². The Morgan fingerprint density at radius 2 is 2.10 bits per heavy atom. The molecule has 1 aromatic rings. The molecule has 1 aliphatic rings. The number of amides is 1. The first-order valence-corrected chi connectivity index (χ1v) is 7.74. The summed E-state index contributed by atoms with van der Waals surface area (Å²) in [4.78, 5) is 28.5. The molecule has 1 fully saturated rings. The van der Waals surface area contributed by atoms with Crippen LogP contribution in [0.25, 0.3) is 0 Å². The van der Waals surface area contributed by atoms with Crippen LogP contribution in [-0.4, -0.2) is 29.5 Å². The summed E-state index contributed by atoms with van der Waals surface area (Å²) in [5.41, 5.74) is -0.0874. The van der Waals surface area contributed by atoms with Crippen molar-refractivity contribution in [1.82, 2.24) is 10.3 Å². The number of methoxy groups -OCH3 is 1. The van der Waals surface area contributed by atoms with Gasteiger partial charge >= 0.3 is 5.97 Å². The molecule has 0 saturated heterocycles. The van der Waals surface area contributed by atoms with Crippen LogP contribution in [0.5, 0.6) is 0 Å². The summed E-state index contributed by atoms with van der Waals surface area (Å²) < 4.78 is 4.88. The standard InChI is InChI=1S/C14H20N2O3S/c1-10-15-11(9-20-10)8-12(17)16-14(13(18)19-2)6-4-3-5-7-14/h9H,3-8H2,1-2H3,(H,16,17). The molecule has 6 heteroatoms. The summed E-state index contributed by atoms with van der Waals surface area (Å²) in [6.07, 6.45) is 4.49. The van der Waals surface area contributed by atoms with Crippen molar-refractivity contribution in [3.8, 4) is 0 Å². The quantitative estimate of drug-likeness (QED) is 0.863. The molecule has 0 radical (unpaired) electrons. The highest BCUT2D eigenvalue weighted by atomic mass is 32.1. The monoisotopic (exact) mass is 296 g/mol. The Balaban J connectivity index is 2.03. The van der Waals surface area contributed by atoms with E-state index in [9.17, 15) is 9.59 Å². The average Bonchev–Trinajstić information content (AvgIpc) is 2.83. The second-order valence-corrected chi connectivity index (χ2v) is 6.28. The minimum absolute atomic E-state index is 0.164. The zero-order chi connectivity index (χ0) is 14.6. The Kier molecular flexibility index (Phi) is 4.75. The van der Waals surface area contributed by atoms with Gasteiger partial charge in [0, 0.05) is 5.38 Å². The molecule has 20 heavy (non-hydrogen) atoms. The Labute approximate surface area is 122 Å². The zero-order valence-corrected chi connectivity index (χ0v) is 12.7. The second-order valence-electron chi connectivity index (χ2n) is 5.22. The molecule has 0 aromatic carbocycles. The number of aryl methyl sites for hydroxylation is 1. The fourth-order valence-electron chi connectivity index (χ4n) is 2.70. The van der Waals surface area contributed by atoms with Crippen LogP contribution in [-0.2, 0) is 20.7 Å². The van der Waals surface area contributed by atoms with Gasteiger partial charge in [-0.15, -0.1) is 11.3 Å². The predicted molar refractivity (Wildman–Crippen MR) is 76.5 cm³/mol. The van der Waals surface area contributed by atoms with Crippen molar-refractivity contribution in [1.29, 1.82) is 0 Å². The van der Waals surface area contributed by atoms with Crippen LogP contribution in [0.3, 0.4) is 0 Å². The number of carbonyl (C=O) groups is 2. The van der Waals surface area contributed by atoms with Crippen LogP contribution < -0.4 is 5.32 Å². The Hall–Kier alpha value is -1.43. The van der Waals surface area contributed by atoms with Gasteiger partial charge in [-0.1, -0.05) is 19.3 Å². The van der Waals surface area contributed by atoms with Crippen LogP contribution in [0.15, 0.2) is 5.38 Å². The SMILES string of the molecule is COC(=O)C1(NC(=O)Cc2csc(C)n2)CCCCC1. The second kappa shape index (κ2) is 6.35. The van der Waals surface area contributed by atoms with Crippen molar-refractivity contribution in [3.05, 3.63) is 16.1 Å². The molecular formula is C14H20N2O3S. The van der Waals surface area contributed by atoms with E-state index in [1.165, 1.54) is 18.4 Å². The summed E-state index contributed by atoms with van der Waals surface area (Å²) in [6.45, 7) is 1.91. The van der Waals surface area contributed by atoms with Gasteiger partial charge in [0.05, 0.1) is 24.2 Å². The molecule has 5 nitrogen and oxygen atoms in total. The lowest BCUT2D eigenvalue weighted by atomic mass is 9.81. The third-order valence-electron chi connectivity index (χ3n) is 3.67. The molecule has 1 N–H and O–H groups in total. The minimum atomic E-state index is -0.838. The van der Waals surface area contributed by atoms with Gasteiger partial charge in [0.2, 0.25) is 5.91 Å². The van der Waals surface area contributed by atoms with Gasteiger partial charge in [-0.2, -0.15) is 0 Å². The first kappa shape index (κ1) is 15.0. The fraction of sp³-hybridized carbons (Fsp3) is 0.643. The molecule has 0 unspecified atom stereocenters. The smallest absolute Gasteiger partial charge is 0.331 e. The Morgan fingerprint density at radius 1 is 1.40 bits per heavy atom. The fourth-order valence-corrected chi connectivity index (χ4v) is 3.31. The lowest BCUT2D eigenvalue weighted by Crippen LogP contribution is -2.56. The van der Waals surface area contributed by atoms with E-state index >= 15 is 0 Å². The Morgan fingerprint density at radius 3 is 2.65 bits per heavy atom. The molecule has 1 aromatic heterocycles. The van der Waals surface area contributed by atoms with Crippen LogP contribution in [0, 0.1) is 6.92 Å². The summed E-state index contributed by atoms with van der Waals surface area (Å²) in [7, 11) is 1.37. The van der Waals surface area contributed by atoms with Crippen molar-refractivity contribution in [3.63, 3.8) is 0 Å². The molecule has 0 aliphatic heterocycles. The molecule has 0 atom stereocenters. The highest BCUT2D eigenvalue weighted by Crippen LogP contribution is 2.29. The molecule has 0 bridgehead atoms. The summed E-state index contributed by atoms with van der Waals surface area (Å²) in [5, 5.41) is 5.71. The van der Waals surface area contributed by atoms with E-state index in [0.717, 1.165) is 30.0 Å². The van der Waals surface area contributed by atoms with Crippen molar-refractivity contribution in [2.45, 2.75) is 51.0 Å². The zero-order valence-electron chi connectivity index (χ0n) is 11.9. The first-order chi connectivity index (χ1) is 9.55. The number of hydrogen-bond donors (Lipinski definition) is 1. The molecular weight excluding hydrogens is 276 g/mol. The summed E-state index contributed by atoms with van der Waals surface area (Å²) in [5.74, 6) is -0.498. The number of esters is 1. The molecule has 0 spiro atoms. The average molecular weight is 296 g/mol. The topological polar surface area (TPSA) is 68.3 Å². The van der Waals surface area contributed by atoms with Crippen LogP contribution in [0.2, 0.25) is 0 Å². The maximum atomic E-state index is 12.2. The highest BCUT2D eigenvalue weighted by molar-refractivity contribution is 7.09. The van der Waals surface area contributed by atoms with E-state index < -0.39 is 5.54 Å². The highest BCUT2D eigenvalue weighted by Gasteiger charge is 2.41. The molecule has 1 saturated carbocycles. The maximum Gasteiger partial charge on any atom is 0.331 e. The summed E-state index contributed by atoms with van der Waals surface area (Å²) in [6, 6.07) is 0. The van der Waals surface area contributed by atoms with E-state index in [-0.39, 0.29) is 18.3 Å². The lowest BCUT2D eigenvalue weighted by Gasteiger charge is -2.35. The number of carbonyl (C=O) groups excluding carboxylic acids is 2. The number of nitrogens with one attached hydrogen (secondary N) is 1. The van der Waals surface area contributed by atoms with E-state index in [1.807, 2.05) is 12.3 Å². The number of aromatic nitrogens is 1. The third-order valence-corrected chi connectivity index (χ3v) is 4.49. The largest absolute Gasteiger partial charge is 0.467 e. The van der Waals surface area contributed by atoms with Gasteiger partial charge < -0.3 is 10.1 Å². The molecule has 110 valence electrons. The molecule has 1 aliphatic carbocycles. The maximum absolute atomic E-state index is 12.2. The number of nitrogens with zero attached hydrogens (tertiary/aromatic N) is 1. The number of hydrogen-bond acceptors (Lipinski definition) is 5. The van der Waals surface area contributed by atoms with Gasteiger partial charge in [-0.25, -0.2) is 9.78 Å². The van der Waals surface area contributed by atoms with E-state index in [2.05, 4.69) is 10.3 Å². The predicted octanol–water partition coefficient (Wildman–Crippen LogP) is 1.99. The number of rotatable bonds is 4. The molecule has 2 rings (SSSR count). The molecule has 1 amide bonds. The van der Waals surface area contributed by atoms with Gasteiger partial charge in [0.1, 0.15) is 5.54 Å². The third kappa shape index (κ3) is 3.36. The van der Waals surface area contributed by atoms with E-state index in [1.54, 1.807) is 0 Å². The van der Waals surface area contributed by atoms with E-state index in [4.69, 9.17) is 4.74 Å². The number of ether oxygens (including phenoxy) is 1. The van der Waals surface area contributed by atoms with Crippen LogP contribution in [0.1, 0.15) is 42.8 Å². The lowest BCUT2D eigenvalue weighted by molar-refractivity contribution is -0.152. The Bertz CT molecular complexity index is 492. The van der Waals surface area contributed by atoms with E-state index in [0.29, 0.717) is 12.8 Å². The van der Waals surface area contributed by atoms with Crippen molar-refractivity contribution in [2.24, 2.45) is 0 Å². The van der Waals surface area contributed by atoms with Gasteiger partial charge in [-0.05, 0) is 19.8 Å². The first-order valence-electron chi connectivity index (χ1n) is 6.86. The number of thiazole rings is 1. The summed E-state index contributed by atoms with van der Waals surface area (Å²) >= 11 is 1.52. The normalized spacial score (nSPS) is 17.5. The van der Waals surface area contributed by atoms with Gasteiger partial charge in [-0.3, -0.25) is 4.79 Å². The van der Waals surface area contributed by atoms with Crippen molar-refractivity contribution < 1.29 is 14.3 Å².